The molecule has 1 aromatic carbocycles. The summed E-state index contributed by atoms with van der Waals surface area (Å²) in [6.07, 6.45) is 5.46. The molecule has 1 N–H and O–H groups in total. The lowest BCUT2D eigenvalue weighted by atomic mass is 9.98. The van der Waals surface area contributed by atoms with Gasteiger partial charge in [0.15, 0.2) is 0 Å². The normalized spacial score (nSPS) is 26.9. The molecule has 2 heteroatoms. The summed E-state index contributed by atoms with van der Waals surface area (Å²) in [6.45, 7) is 8.01. The lowest BCUT2D eigenvalue weighted by molar-refractivity contribution is 0.348. The molecule has 0 aromatic heterocycles. The van der Waals surface area contributed by atoms with Gasteiger partial charge in [-0.15, -0.1) is 0 Å². The monoisotopic (exact) mass is 258 g/mol. The summed E-state index contributed by atoms with van der Waals surface area (Å²) < 4.78 is 0. The van der Waals surface area contributed by atoms with Crippen LogP contribution < -0.4 is 10.2 Å². The van der Waals surface area contributed by atoms with Gasteiger partial charge in [-0.3, -0.25) is 0 Å². The van der Waals surface area contributed by atoms with E-state index in [9.17, 15) is 0 Å². The van der Waals surface area contributed by atoms with Gasteiger partial charge in [-0.05, 0) is 37.3 Å². The van der Waals surface area contributed by atoms with Crippen LogP contribution in [-0.4, -0.2) is 18.6 Å². The Labute approximate surface area is 117 Å². The molecule has 1 aromatic rings. The quantitative estimate of drug-likeness (QED) is 0.888. The fraction of sp³-hybridized carbons (Fsp3) is 0.647. The molecular weight excluding hydrogens is 232 g/mol. The van der Waals surface area contributed by atoms with Crippen LogP contribution in [0.25, 0.3) is 0 Å². The number of hydrogen-bond donors (Lipinski definition) is 1. The lowest BCUT2D eigenvalue weighted by Gasteiger charge is -2.34. The highest BCUT2D eigenvalue weighted by atomic mass is 15.2. The van der Waals surface area contributed by atoms with Crippen molar-refractivity contribution in [3.8, 4) is 0 Å². The molecule has 1 unspecified atom stereocenters. The van der Waals surface area contributed by atoms with E-state index in [2.05, 4.69) is 48.3 Å². The molecule has 0 radical (unpaired) electrons. The molecule has 2 aliphatic rings. The molecule has 1 atom stereocenters. The number of para-hydroxylation sites is 1. The van der Waals surface area contributed by atoms with Gasteiger partial charge in [0.1, 0.15) is 0 Å². The van der Waals surface area contributed by atoms with E-state index < -0.39 is 0 Å². The standard InChI is InChI=1S/C17H26N2/c1-3-17(2)13-19(11-10-14-8-9-14)16-7-5-4-6-15(16)12-18-17/h4-7,14,18H,3,8-13H2,1-2H3. The molecule has 0 spiro atoms. The van der Waals surface area contributed by atoms with E-state index in [1.165, 1.54) is 43.5 Å². The number of fused-ring (bicyclic) bond motifs is 1. The van der Waals surface area contributed by atoms with Crippen LogP contribution in [0.1, 0.15) is 45.1 Å². The Kier molecular flexibility index (Phi) is 3.53. The third-order valence-corrected chi connectivity index (χ3v) is 4.86. The summed E-state index contributed by atoms with van der Waals surface area (Å²) in [7, 11) is 0. The topological polar surface area (TPSA) is 15.3 Å². The summed E-state index contributed by atoms with van der Waals surface area (Å²) in [5.74, 6) is 1.01. The van der Waals surface area contributed by atoms with E-state index in [1.54, 1.807) is 0 Å². The molecule has 0 amide bonds. The third kappa shape index (κ3) is 2.94. The van der Waals surface area contributed by atoms with E-state index >= 15 is 0 Å². The van der Waals surface area contributed by atoms with Crippen LogP contribution in [0.2, 0.25) is 0 Å². The fourth-order valence-corrected chi connectivity index (χ4v) is 3.02. The summed E-state index contributed by atoms with van der Waals surface area (Å²) in [4.78, 5) is 2.62. The van der Waals surface area contributed by atoms with Crippen molar-refractivity contribution in [3.05, 3.63) is 29.8 Å². The van der Waals surface area contributed by atoms with E-state index in [0.29, 0.717) is 0 Å². The molecule has 0 saturated heterocycles. The highest BCUT2D eigenvalue weighted by Gasteiger charge is 2.30. The van der Waals surface area contributed by atoms with Gasteiger partial charge in [-0.1, -0.05) is 38.0 Å². The maximum Gasteiger partial charge on any atom is 0.0412 e. The van der Waals surface area contributed by atoms with Gasteiger partial charge in [0.25, 0.3) is 0 Å². The van der Waals surface area contributed by atoms with Crippen LogP contribution in [0.3, 0.4) is 0 Å². The molecule has 0 bridgehead atoms. The average molecular weight is 258 g/mol. The van der Waals surface area contributed by atoms with Crippen LogP contribution in [-0.2, 0) is 6.54 Å². The van der Waals surface area contributed by atoms with Crippen molar-refractivity contribution in [2.24, 2.45) is 5.92 Å². The second kappa shape index (κ2) is 5.16. The Morgan fingerprint density at radius 3 is 2.84 bits per heavy atom. The Balaban J connectivity index is 1.82. The molecule has 1 aliphatic carbocycles. The zero-order valence-corrected chi connectivity index (χ0v) is 12.3. The predicted molar refractivity (Wildman–Crippen MR) is 81.5 cm³/mol. The first-order valence-electron chi connectivity index (χ1n) is 7.78. The Bertz CT molecular complexity index is 439. The maximum atomic E-state index is 3.76. The molecule has 1 fully saturated rings. The highest BCUT2D eigenvalue weighted by molar-refractivity contribution is 5.55. The number of benzene rings is 1. The van der Waals surface area contributed by atoms with Crippen molar-refractivity contribution in [2.75, 3.05) is 18.0 Å². The van der Waals surface area contributed by atoms with Crippen molar-refractivity contribution in [1.82, 2.24) is 5.32 Å². The number of nitrogens with zero attached hydrogens (tertiary/aromatic N) is 1. The van der Waals surface area contributed by atoms with E-state index in [-0.39, 0.29) is 5.54 Å². The van der Waals surface area contributed by atoms with E-state index in [4.69, 9.17) is 0 Å². The summed E-state index contributed by atoms with van der Waals surface area (Å²) in [6, 6.07) is 8.91. The average Bonchev–Trinajstić information content (AvgIpc) is 3.26. The largest absolute Gasteiger partial charge is 0.369 e. The molecule has 19 heavy (non-hydrogen) atoms. The van der Waals surface area contributed by atoms with Gasteiger partial charge < -0.3 is 10.2 Å². The zero-order valence-electron chi connectivity index (χ0n) is 12.3. The molecular formula is C17H26N2. The summed E-state index contributed by atoms with van der Waals surface area (Å²) >= 11 is 0. The Hall–Kier alpha value is -1.02. The van der Waals surface area contributed by atoms with Gasteiger partial charge in [0.05, 0.1) is 0 Å². The van der Waals surface area contributed by atoms with E-state index in [1.807, 2.05) is 0 Å². The minimum absolute atomic E-state index is 0.239. The van der Waals surface area contributed by atoms with Crippen molar-refractivity contribution >= 4 is 5.69 Å². The maximum absolute atomic E-state index is 3.76. The number of hydrogen-bond acceptors (Lipinski definition) is 2. The van der Waals surface area contributed by atoms with Crippen molar-refractivity contribution in [1.29, 1.82) is 0 Å². The van der Waals surface area contributed by atoms with Crippen LogP contribution >= 0.6 is 0 Å². The van der Waals surface area contributed by atoms with Gasteiger partial charge in [-0.25, -0.2) is 0 Å². The zero-order chi connectivity index (χ0) is 13.3. The lowest BCUT2D eigenvalue weighted by Crippen LogP contribution is -2.49. The van der Waals surface area contributed by atoms with Crippen molar-refractivity contribution in [2.45, 2.75) is 51.6 Å². The molecule has 1 saturated carbocycles. The number of nitrogens with one attached hydrogen (secondary N) is 1. The van der Waals surface area contributed by atoms with Crippen LogP contribution in [0.15, 0.2) is 24.3 Å². The number of anilines is 1. The Morgan fingerprint density at radius 1 is 1.32 bits per heavy atom. The second-order valence-corrected chi connectivity index (χ2v) is 6.55. The van der Waals surface area contributed by atoms with Gasteiger partial charge in [0.2, 0.25) is 0 Å². The molecule has 1 aliphatic heterocycles. The van der Waals surface area contributed by atoms with Gasteiger partial charge in [0, 0.05) is 30.9 Å². The minimum atomic E-state index is 0.239. The van der Waals surface area contributed by atoms with Gasteiger partial charge in [-0.2, -0.15) is 0 Å². The second-order valence-electron chi connectivity index (χ2n) is 6.55. The minimum Gasteiger partial charge on any atom is -0.369 e. The fourth-order valence-electron chi connectivity index (χ4n) is 3.02. The molecule has 104 valence electrons. The molecule has 3 rings (SSSR count). The molecule has 1 heterocycles. The van der Waals surface area contributed by atoms with Gasteiger partial charge >= 0.3 is 0 Å². The smallest absolute Gasteiger partial charge is 0.0412 e. The van der Waals surface area contributed by atoms with Crippen molar-refractivity contribution in [3.63, 3.8) is 0 Å². The first-order valence-corrected chi connectivity index (χ1v) is 7.78. The predicted octanol–water partition coefficient (Wildman–Crippen LogP) is 3.57. The number of rotatable bonds is 4. The van der Waals surface area contributed by atoms with Crippen LogP contribution in [0.5, 0.6) is 0 Å². The first-order chi connectivity index (χ1) is 9.20. The SMILES string of the molecule is CCC1(C)CN(CCC2CC2)c2ccccc2CN1. The van der Waals surface area contributed by atoms with Crippen LogP contribution in [0.4, 0.5) is 5.69 Å². The third-order valence-electron chi connectivity index (χ3n) is 4.86. The summed E-state index contributed by atoms with van der Waals surface area (Å²) in [5, 5.41) is 3.76. The molecule has 2 nitrogen and oxygen atoms in total. The van der Waals surface area contributed by atoms with E-state index in [0.717, 1.165) is 19.0 Å². The first kappa shape index (κ1) is 13.0. The van der Waals surface area contributed by atoms with Crippen LogP contribution in [0, 0.1) is 5.92 Å². The summed E-state index contributed by atoms with van der Waals surface area (Å²) in [5.41, 5.74) is 3.14. The highest BCUT2D eigenvalue weighted by Crippen LogP contribution is 2.34. The van der Waals surface area contributed by atoms with Crippen molar-refractivity contribution < 1.29 is 0 Å². The Morgan fingerprint density at radius 2 is 2.11 bits per heavy atom.